The number of likely N-dealkylation sites (N-methyl/N-ethyl adjacent to an activating group) is 1. The zero-order valence-electron chi connectivity index (χ0n) is 33.0. The summed E-state index contributed by atoms with van der Waals surface area (Å²) in [5.74, 6) is -2.96. The molecule has 0 saturated heterocycles. The standard InChI is InChI=1S/C40H44F2N8O7S/c1-25(36-46-33(21-58-36)28-12-10-27(18-43)11-13-28)40(54,31-17-30(41)14-15-32(31)42)22-50-24-49(23-45-50)26(2)56-38(53)48(7)35-29(9-8-16-44-35)20-55-34(51)19-47(6)37(52)57-39(3,4)5/h8-17,21,23,25-26,54H,19-20,22,24H2,1-7H3/t25-,26?,40+/m0/s1. The van der Waals surface area contributed by atoms with Gasteiger partial charge in [-0.1, -0.05) is 25.1 Å². The van der Waals surface area contributed by atoms with E-state index in [-0.39, 0.29) is 37.7 Å². The maximum absolute atomic E-state index is 15.4. The van der Waals surface area contributed by atoms with Gasteiger partial charge >= 0.3 is 18.2 Å². The number of esters is 1. The number of amides is 2. The Morgan fingerprint density at radius 1 is 1.07 bits per heavy atom. The van der Waals surface area contributed by atoms with Gasteiger partial charge in [-0.15, -0.1) is 11.3 Å². The van der Waals surface area contributed by atoms with Crippen LogP contribution in [-0.4, -0.2) is 100 Å². The van der Waals surface area contributed by atoms with E-state index < -0.39 is 53.1 Å². The van der Waals surface area contributed by atoms with Gasteiger partial charge in [0, 0.05) is 48.3 Å². The monoisotopic (exact) mass is 818 g/mol. The van der Waals surface area contributed by atoms with E-state index in [1.807, 2.05) is 0 Å². The second kappa shape index (κ2) is 17.9. The Kier molecular flexibility index (Phi) is 13.3. The lowest BCUT2D eigenvalue weighted by molar-refractivity contribution is -0.145. The fourth-order valence-corrected chi connectivity index (χ4v) is 6.80. The van der Waals surface area contributed by atoms with E-state index in [2.05, 4.69) is 16.2 Å². The van der Waals surface area contributed by atoms with Gasteiger partial charge in [0.15, 0.2) is 6.23 Å². The van der Waals surface area contributed by atoms with Crippen LogP contribution in [0.15, 0.2) is 71.3 Å². The van der Waals surface area contributed by atoms with Crippen molar-refractivity contribution in [3.63, 3.8) is 0 Å². The van der Waals surface area contributed by atoms with Crippen molar-refractivity contribution >= 4 is 41.6 Å². The minimum Gasteiger partial charge on any atom is -0.459 e. The molecule has 0 fully saturated rings. The maximum Gasteiger partial charge on any atom is 0.417 e. The molecule has 1 aliphatic heterocycles. The number of hydrazone groups is 1. The first-order valence-electron chi connectivity index (χ1n) is 18.0. The van der Waals surface area contributed by atoms with Crippen LogP contribution in [0.5, 0.6) is 0 Å². The summed E-state index contributed by atoms with van der Waals surface area (Å²) in [5.41, 5.74) is -0.853. The van der Waals surface area contributed by atoms with Gasteiger partial charge in [0.1, 0.15) is 54.8 Å². The molecule has 5 rings (SSSR count). The van der Waals surface area contributed by atoms with E-state index in [0.29, 0.717) is 21.8 Å². The highest BCUT2D eigenvalue weighted by molar-refractivity contribution is 7.10. The summed E-state index contributed by atoms with van der Waals surface area (Å²) >= 11 is 1.24. The normalized spacial score (nSPS) is 14.6. The number of aromatic nitrogens is 2. The Morgan fingerprint density at radius 2 is 1.79 bits per heavy atom. The van der Waals surface area contributed by atoms with Gasteiger partial charge in [0.25, 0.3) is 0 Å². The average Bonchev–Trinajstić information content (AvgIpc) is 3.87. The Balaban J connectivity index is 1.23. The topological polar surface area (TPSA) is 174 Å². The molecule has 2 amide bonds. The van der Waals surface area contributed by atoms with Crippen LogP contribution >= 0.6 is 11.3 Å². The number of hydrogen-bond acceptors (Lipinski definition) is 14. The van der Waals surface area contributed by atoms with Gasteiger partial charge in [-0.05, 0) is 64.1 Å². The largest absolute Gasteiger partial charge is 0.459 e. The summed E-state index contributed by atoms with van der Waals surface area (Å²) in [6, 6.07) is 15.0. The van der Waals surface area contributed by atoms with Crippen molar-refractivity contribution in [1.29, 1.82) is 5.26 Å². The summed E-state index contributed by atoms with van der Waals surface area (Å²) in [5, 5.41) is 29.5. The fourth-order valence-electron chi connectivity index (χ4n) is 5.83. The number of nitrogens with zero attached hydrogens (tertiary/aromatic N) is 8. The quantitative estimate of drug-likeness (QED) is 0.116. The predicted molar refractivity (Wildman–Crippen MR) is 210 cm³/mol. The zero-order chi connectivity index (χ0) is 42.4. The molecule has 2 aromatic carbocycles. The van der Waals surface area contributed by atoms with Gasteiger partial charge < -0.3 is 29.1 Å². The molecule has 3 heterocycles. The van der Waals surface area contributed by atoms with E-state index in [0.717, 1.165) is 33.6 Å². The highest BCUT2D eigenvalue weighted by Crippen LogP contribution is 2.41. The van der Waals surface area contributed by atoms with E-state index in [9.17, 15) is 23.9 Å². The third-order valence-corrected chi connectivity index (χ3v) is 10.1. The molecule has 0 bridgehead atoms. The Bertz CT molecular complexity index is 2190. The molecule has 306 valence electrons. The molecule has 1 unspecified atom stereocenters. The smallest absolute Gasteiger partial charge is 0.417 e. The van der Waals surface area contributed by atoms with Gasteiger partial charge in [-0.3, -0.25) is 14.7 Å². The second-order valence-corrected chi connectivity index (χ2v) is 15.5. The van der Waals surface area contributed by atoms with Crippen LogP contribution in [-0.2, 0) is 31.2 Å². The molecule has 0 saturated carbocycles. The van der Waals surface area contributed by atoms with Crippen molar-refractivity contribution in [1.82, 2.24) is 24.8 Å². The number of halogens is 2. The van der Waals surface area contributed by atoms with Crippen LogP contribution in [0.2, 0.25) is 0 Å². The van der Waals surface area contributed by atoms with Gasteiger partial charge in [-0.25, -0.2) is 28.3 Å². The van der Waals surface area contributed by atoms with Crippen LogP contribution in [0.25, 0.3) is 11.3 Å². The molecular formula is C40H44F2N8O7S. The number of ether oxygens (including phenoxy) is 3. The van der Waals surface area contributed by atoms with Crippen LogP contribution in [0, 0.1) is 23.0 Å². The lowest BCUT2D eigenvalue weighted by Gasteiger charge is -2.37. The van der Waals surface area contributed by atoms with Gasteiger partial charge in [0.2, 0.25) is 0 Å². The minimum atomic E-state index is -2.04. The summed E-state index contributed by atoms with van der Waals surface area (Å²) in [4.78, 5) is 50.9. The molecule has 58 heavy (non-hydrogen) atoms. The third-order valence-electron chi connectivity index (χ3n) is 9.08. The number of benzene rings is 2. The van der Waals surface area contributed by atoms with E-state index in [1.54, 1.807) is 81.3 Å². The highest BCUT2D eigenvalue weighted by atomic mass is 32.1. The van der Waals surface area contributed by atoms with Crippen molar-refractivity contribution in [2.45, 2.75) is 64.6 Å². The molecule has 0 spiro atoms. The minimum absolute atomic E-state index is 0.00101. The molecule has 4 aromatic rings. The summed E-state index contributed by atoms with van der Waals surface area (Å²) < 4.78 is 46.3. The Labute approximate surface area is 338 Å². The van der Waals surface area contributed by atoms with Crippen LogP contribution in [0.3, 0.4) is 0 Å². The summed E-state index contributed by atoms with van der Waals surface area (Å²) in [7, 11) is 2.84. The number of nitriles is 1. The predicted octanol–water partition coefficient (Wildman–Crippen LogP) is 6.39. The first kappa shape index (κ1) is 42.9. The molecule has 1 N–H and O–H groups in total. The van der Waals surface area contributed by atoms with Crippen molar-refractivity contribution < 1.29 is 42.5 Å². The Hall–Kier alpha value is -6.19. The van der Waals surface area contributed by atoms with Crippen molar-refractivity contribution in [3.05, 3.63) is 99.5 Å². The summed E-state index contributed by atoms with van der Waals surface area (Å²) in [6.45, 7) is 7.48. The van der Waals surface area contributed by atoms with Gasteiger partial charge in [-0.2, -0.15) is 10.4 Å². The Morgan fingerprint density at radius 3 is 2.48 bits per heavy atom. The maximum atomic E-state index is 15.4. The molecule has 0 aliphatic carbocycles. The second-order valence-electron chi connectivity index (χ2n) is 14.6. The molecule has 1 aliphatic rings. The number of carbonyl (C=O) groups is 3. The van der Waals surface area contributed by atoms with Crippen LogP contribution in [0.1, 0.15) is 62.2 Å². The number of rotatable bonds is 13. The van der Waals surface area contributed by atoms with Crippen LogP contribution < -0.4 is 4.90 Å². The first-order chi connectivity index (χ1) is 27.4. The van der Waals surface area contributed by atoms with Gasteiger partial charge in [0.05, 0.1) is 28.9 Å². The zero-order valence-corrected chi connectivity index (χ0v) is 33.9. The third kappa shape index (κ3) is 10.4. The van der Waals surface area contributed by atoms with E-state index >= 15 is 4.39 Å². The number of β-amino-alcohol motifs (C(OH)–C–C–N with tert-alkyl or cyclic N) is 1. The number of hydrogen-bond donors (Lipinski definition) is 1. The number of anilines is 1. The number of carbonyl (C=O) groups excluding carboxylic acids is 3. The van der Waals surface area contributed by atoms with E-state index in [4.69, 9.17) is 24.5 Å². The lowest BCUT2D eigenvalue weighted by Crippen LogP contribution is -2.46. The van der Waals surface area contributed by atoms with Crippen LogP contribution in [0.4, 0.5) is 24.2 Å². The first-order valence-corrected chi connectivity index (χ1v) is 18.9. The summed E-state index contributed by atoms with van der Waals surface area (Å²) in [6.07, 6.45) is 0.466. The molecule has 15 nitrogen and oxygen atoms in total. The number of thiazole rings is 1. The lowest BCUT2D eigenvalue weighted by atomic mass is 9.81. The average molecular weight is 819 g/mol. The number of pyridine rings is 1. The molecule has 0 radical (unpaired) electrons. The highest BCUT2D eigenvalue weighted by Gasteiger charge is 2.43. The van der Waals surface area contributed by atoms with E-state index in [1.165, 1.54) is 43.0 Å². The van der Waals surface area contributed by atoms with Crippen molar-refractivity contribution in [3.8, 4) is 17.3 Å². The molecule has 2 aromatic heterocycles. The van der Waals surface area contributed by atoms with Crippen molar-refractivity contribution in [2.24, 2.45) is 5.10 Å². The SMILES string of the molecule is CC(OC(=O)N(C)c1ncccc1COC(=O)CN(C)C(=O)OC(C)(C)C)N1C=NN(C[C@](O)(c2cc(F)ccc2F)[C@@H](C)c2nc(-c3ccc(C#N)cc3)cs2)C1. The molecular weight excluding hydrogens is 775 g/mol. The molecule has 3 atom stereocenters. The van der Waals surface area contributed by atoms with Crippen molar-refractivity contribution in [2.75, 3.05) is 38.8 Å². The molecule has 18 heteroatoms. The number of aliphatic hydroxyl groups is 1. The fraction of sp³-hybridized carbons (Fsp3) is 0.375.